The van der Waals surface area contributed by atoms with Gasteiger partial charge in [0.25, 0.3) is 5.89 Å². The first-order valence-corrected chi connectivity index (χ1v) is 8.82. The molecule has 7 nitrogen and oxygen atoms in total. The lowest BCUT2D eigenvalue weighted by Crippen LogP contribution is -1.94. The smallest absolute Gasteiger partial charge is 0.260 e. The molecule has 0 fully saturated rings. The summed E-state index contributed by atoms with van der Waals surface area (Å²) < 4.78 is 26.2. The molecule has 0 N–H and O–H groups in total. The molecule has 0 saturated heterocycles. The summed E-state index contributed by atoms with van der Waals surface area (Å²) in [5.41, 5.74) is 0.167. The summed E-state index contributed by atoms with van der Waals surface area (Å²) in [6.45, 7) is 0. The van der Waals surface area contributed by atoms with Crippen LogP contribution in [0.5, 0.6) is 0 Å². The van der Waals surface area contributed by atoms with Gasteiger partial charge in [-0.2, -0.15) is 4.98 Å². The standard InChI is InChI=1S/C16H11ClFN5O2S/c1-23-14(12-3-2-6-24-12)20-21-16(23)26-8-13-19-15(25-22-13)10-7-9(17)4-5-11(10)18/h2-7H,8H2,1H3. The Balaban J connectivity index is 1.50. The highest BCUT2D eigenvalue weighted by Gasteiger charge is 2.17. The molecule has 0 amide bonds. The maximum Gasteiger partial charge on any atom is 0.260 e. The second-order valence-corrected chi connectivity index (χ2v) is 6.65. The Hall–Kier alpha value is -2.65. The molecule has 3 heterocycles. The van der Waals surface area contributed by atoms with Crippen molar-refractivity contribution in [1.82, 2.24) is 24.9 Å². The average molecular weight is 392 g/mol. The molecule has 1 aromatic carbocycles. The van der Waals surface area contributed by atoms with Crippen molar-refractivity contribution in [1.29, 1.82) is 0 Å². The summed E-state index contributed by atoms with van der Waals surface area (Å²) >= 11 is 7.27. The van der Waals surface area contributed by atoms with E-state index in [0.717, 1.165) is 0 Å². The summed E-state index contributed by atoms with van der Waals surface area (Å²) in [4.78, 5) is 4.21. The van der Waals surface area contributed by atoms with Crippen molar-refractivity contribution in [2.45, 2.75) is 10.9 Å². The quantitative estimate of drug-likeness (QED) is 0.471. The van der Waals surface area contributed by atoms with Crippen molar-refractivity contribution >= 4 is 23.4 Å². The first-order valence-electron chi connectivity index (χ1n) is 7.46. The lowest BCUT2D eigenvalue weighted by atomic mass is 10.2. The van der Waals surface area contributed by atoms with Crippen LogP contribution in [0.4, 0.5) is 4.39 Å². The number of hydrogen-bond donors (Lipinski definition) is 0. The van der Waals surface area contributed by atoms with Crippen molar-refractivity contribution in [3.8, 4) is 23.0 Å². The van der Waals surface area contributed by atoms with E-state index < -0.39 is 5.82 Å². The summed E-state index contributed by atoms with van der Waals surface area (Å²) in [7, 11) is 1.84. The van der Waals surface area contributed by atoms with Gasteiger partial charge in [-0.3, -0.25) is 0 Å². The Bertz CT molecular complexity index is 1050. The van der Waals surface area contributed by atoms with Crippen LogP contribution in [0.1, 0.15) is 5.82 Å². The van der Waals surface area contributed by atoms with Gasteiger partial charge in [0.05, 0.1) is 17.6 Å². The Morgan fingerprint density at radius 1 is 1.27 bits per heavy atom. The van der Waals surface area contributed by atoms with E-state index in [1.165, 1.54) is 30.0 Å². The normalized spacial score (nSPS) is 11.2. The fourth-order valence-corrected chi connectivity index (χ4v) is 3.20. The molecule has 4 rings (SSSR count). The van der Waals surface area contributed by atoms with Crippen LogP contribution < -0.4 is 0 Å². The van der Waals surface area contributed by atoms with Gasteiger partial charge in [-0.15, -0.1) is 10.2 Å². The third-order valence-corrected chi connectivity index (χ3v) is 4.79. The highest BCUT2D eigenvalue weighted by Crippen LogP contribution is 2.27. The van der Waals surface area contributed by atoms with Crippen LogP contribution in [0.15, 0.2) is 50.7 Å². The van der Waals surface area contributed by atoms with E-state index in [2.05, 4.69) is 20.3 Å². The maximum atomic E-state index is 13.9. The van der Waals surface area contributed by atoms with Crippen LogP contribution in [-0.2, 0) is 12.8 Å². The molecule has 0 aliphatic heterocycles. The summed E-state index contributed by atoms with van der Waals surface area (Å²) in [6.07, 6.45) is 1.58. The van der Waals surface area contributed by atoms with E-state index in [9.17, 15) is 4.39 Å². The molecule has 132 valence electrons. The molecular formula is C16H11ClFN5O2S. The molecule has 0 atom stereocenters. The van der Waals surface area contributed by atoms with Crippen molar-refractivity contribution < 1.29 is 13.3 Å². The fourth-order valence-electron chi connectivity index (χ4n) is 2.27. The van der Waals surface area contributed by atoms with Crippen molar-refractivity contribution in [2.24, 2.45) is 7.05 Å². The fraction of sp³-hybridized carbons (Fsp3) is 0.125. The molecule has 10 heteroatoms. The first kappa shape index (κ1) is 16.8. The Labute approximate surface area is 156 Å². The molecule has 0 spiro atoms. The Morgan fingerprint density at radius 3 is 2.96 bits per heavy atom. The second kappa shape index (κ2) is 6.93. The minimum atomic E-state index is -0.478. The van der Waals surface area contributed by atoms with Crippen LogP contribution in [0.25, 0.3) is 23.0 Å². The zero-order valence-corrected chi connectivity index (χ0v) is 15.0. The number of nitrogens with zero attached hydrogens (tertiary/aromatic N) is 5. The predicted octanol–water partition coefficient (Wildman–Crippen LogP) is 4.21. The largest absolute Gasteiger partial charge is 0.461 e. The molecule has 0 unspecified atom stereocenters. The number of furan rings is 1. The molecule has 0 radical (unpaired) electrons. The van der Waals surface area contributed by atoms with Crippen molar-refractivity contribution in [3.63, 3.8) is 0 Å². The van der Waals surface area contributed by atoms with Gasteiger partial charge in [0.1, 0.15) is 5.82 Å². The van der Waals surface area contributed by atoms with Gasteiger partial charge in [-0.05, 0) is 30.3 Å². The number of thioether (sulfide) groups is 1. The number of rotatable bonds is 5. The lowest BCUT2D eigenvalue weighted by molar-refractivity contribution is 0.422. The Kier molecular flexibility index (Phi) is 4.48. The van der Waals surface area contributed by atoms with E-state index >= 15 is 0 Å². The Morgan fingerprint density at radius 2 is 2.15 bits per heavy atom. The van der Waals surface area contributed by atoms with Gasteiger partial charge in [0.15, 0.2) is 22.6 Å². The van der Waals surface area contributed by atoms with E-state index in [1.807, 2.05) is 13.1 Å². The molecule has 26 heavy (non-hydrogen) atoms. The van der Waals surface area contributed by atoms with Gasteiger partial charge in [0.2, 0.25) is 0 Å². The van der Waals surface area contributed by atoms with Gasteiger partial charge >= 0.3 is 0 Å². The average Bonchev–Trinajstić information content (AvgIpc) is 3.36. The van der Waals surface area contributed by atoms with E-state index in [4.69, 9.17) is 20.5 Å². The lowest BCUT2D eigenvalue weighted by Gasteiger charge is -2.00. The minimum Gasteiger partial charge on any atom is -0.461 e. The highest BCUT2D eigenvalue weighted by atomic mass is 35.5. The van der Waals surface area contributed by atoms with Crippen molar-refractivity contribution in [3.05, 3.63) is 53.3 Å². The van der Waals surface area contributed by atoms with Gasteiger partial charge in [0, 0.05) is 12.1 Å². The molecular weight excluding hydrogens is 381 g/mol. The monoisotopic (exact) mass is 391 g/mol. The molecule has 0 aliphatic rings. The first-order chi connectivity index (χ1) is 12.6. The van der Waals surface area contributed by atoms with Crippen molar-refractivity contribution in [2.75, 3.05) is 0 Å². The topological polar surface area (TPSA) is 82.8 Å². The van der Waals surface area contributed by atoms with Crippen LogP contribution in [0.3, 0.4) is 0 Å². The number of aromatic nitrogens is 5. The van der Waals surface area contributed by atoms with E-state index in [1.54, 1.807) is 16.9 Å². The summed E-state index contributed by atoms with van der Waals surface area (Å²) in [5, 5.41) is 13.2. The number of hydrogen-bond acceptors (Lipinski definition) is 7. The van der Waals surface area contributed by atoms with Gasteiger partial charge in [-0.1, -0.05) is 28.5 Å². The second-order valence-electron chi connectivity index (χ2n) is 5.27. The SMILES string of the molecule is Cn1c(SCc2noc(-c3cc(Cl)ccc3F)n2)nnc1-c1ccco1. The van der Waals surface area contributed by atoms with E-state index in [0.29, 0.717) is 33.3 Å². The zero-order chi connectivity index (χ0) is 18.1. The van der Waals surface area contributed by atoms with Gasteiger partial charge < -0.3 is 13.5 Å². The van der Waals surface area contributed by atoms with Crippen LogP contribution in [-0.4, -0.2) is 24.9 Å². The molecule has 0 bridgehead atoms. The number of benzene rings is 1. The maximum absolute atomic E-state index is 13.9. The van der Waals surface area contributed by atoms with Crippen LogP contribution >= 0.6 is 23.4 Å². The summed E-state index contributed by atoms with van der Waals surface area (Å²) in [5.74, 6) is 1.64. The third kappa shape index (κ3) is 3.23. The molecule has 0 aliphatic carbocycles. The van der Waals surface area contributed by atoms with Crippen LogP contribution in [0.2, 0.25) is 5.02 Å². The highest BCUT2D eigenvalue weighted by molar-refractivity contribution is 7.98. The predicted molar refractivity (Wildman–Crippen MR) is 93.0 cm³/mol. The van der Waals surface area contributed by atoms with E-state index in [-0.39, 0.29) is 11.5 Å². The number of halogens is 2. The molecule has 0 saturated carbocycles. The third-order valence-electron chi connectivity index (χ3n) is 3.53. The summed E-state index contributed by atoms with van der Waals surface area (Å²) in [6, 6.07) is 7.75. The zero-order valence-electron chi connectivity index (χ0n) is 13.4. The molecule has 3 aromatic heterocycles. The van der Waals surface area contributed by atoms with Gasteiger partial charge in [-0.25, -0.2) is 4.39 Å². The van der Waals surface area contributed by atoms with Crippen LogP contribution in [0, 0.1) is 5.82 Å². The minimum absolute atomic E-state index is 0.0786. The molecule has 4 aromatic rings.